The summed E-state index contributed by atoms with van der Waals surface area (Å²) in [5.41, 5.74) is 1.07. The molecule has 182 valence electrons. The monoisotopic (exact) mass is 450 g/mol. The molecule has 0 saturated heterocycles. The molecule has 0 bridgehead atoms. The Kier molecular flexibility index (Phi) is 14.2. The minimum Gasteiger partial charge on any atom is -0.493 e. The molecule has 0 saturated carbocycles. The van der Waals surface area contributed by atoms with Crippen molar-refractivity contribution in [1.29, 1.82) is 0 Å². The van der Waals surface area contributed by atoms with Crippen LogP contribution in [0.2, 0.25) is 0 Å². The first kappa shape index (κ1) is 27.8. The zero-order chi connectivity index (χ0) is 23.8. The highest BCUT2D eigenvalue weighted by atomic mass is 16.6. The molecule has 1 aromatic rings. The van der Waals surface area contributed by atoms with Gasteiger partial charge in [-0.25, -0.2) is 0 Å². The van der Waals surface area contributed by atoms with Gasteiger partial charge in [0.2, 0.25) is 0 Å². The maximum Gasteiger partial charge on any atom is 0.302 e. The zero-order valence-corrected chi connectivity index (χ0v) is 20.6. The van der Waals surface area contributed by atoms with Gasteiger partial charge in [-0.2, -0.15) is 0 Å². The number of carbonyl (C=O) groups excluding carboxylic acids is 2. The van der Waals surface area contributed by atoms with Gasteiger partial charge in [-0.1, -0.05) is 51.5 Å². The summed E-state index contributed by atoms with van der Waals surface area (Å²) in [5.74, 6) is 0.738. The van der Waals surface area contributed by atoms with E-state index in [0.717, 1.165) is 24.8 Å². The third-order valence-corrected chi connectivity index (χ3v) is 5.52. The summed E-state index contributed by atoms with van der Waals surface area (Å²) in [6.07, 6.45) is 10.5. The van der Waals surface area contributed by atoms with Gasteiger partial charge in [-0.3, -0.25) is 9.59 Å². The van der Waals surface area contributed by atoms with E-state index in [9.17, 15) is 9.59 Å². The molecule has 0 N–H and O–H groups in total. The van der Waals surface area contributed by atoms with Crippen LogP contribution in [0.4, 0.5) is 0 Å². The van der Waals surface area contributed by atoms with Crippen LogP contribution < -0.4 is 9.47 Å². The van der Waals surface area contributed by atoms with Gasteiger partial charge < -0.3 is 18.9 Å². The van der Waals surface area contributed by atoms with E-state index in [1.807, 2.05) is 18.2 Å². The normalized spacial score (nSPS) is 12.7. The van der Waals surface area contributed by atoms with Crippen molar-refractivity contribution in [3.05, 3.63) is 23.8 Å². The summed E-state index contributed by atoms with van der Waals surface area (Å²) >= 11 is 0. The average Bonchev–Trinajstić information content (AvgIpc) is 2.75. The van der Waals surface area contributed by atoms with Crippen molar-refractivity contribution in [1.82, 2.24) is 0 Å². The second kappa shape index (κ2) is 16.4. The van der Waals surface area contributed by atoms with Crippen LogP contribution in [0.15, 0.2) is 18.2 Å². The molecule has 0 amide bonds. The number of aryl methyl sites for hydroxylation is 1. The lowest BCUT2D eigenvalue weighted by molar-refractivity contribution is -0.153. The Labute approximate surface area is 194 Å². The third kappa shape index (κ3) is 12.0. The molecular formula is C26H42O6. The number of ether oxygens (including phenoxy) is 4. The number of hydrogen-bond acceptors (Lipinski definition) is 6. The summed E-state index contributed by atoms with van der Waals surface area (Å²) in [5, 5.41) is 0. The molecule has 0 aliphatic carbocycles. The van der Waals surface area contributed by atoms with Crippen LogP contribution in [0.5, 0.6) is 11.5 Å². The lowest BCUT2D eigenvalue weighted by atomic mass is 9.98. The number of benzene rings is 1. The van der Waals surface area contributed by atoms with Gasteiger partial charge in [0.15, 0.2) is 11.5 Å². The van der Waals surface area contributed by atoms with Crippen molar-refractivity contribution < 1.29 is 28.5 Å². The van der Waals surface area contributed by atoms with Crippen LogP contribution in [0.1, 0.15) is 90.5 Å². The van der Waals surface area contributed by atoms with Crippen LogP contribution >= 0.6 is 0 Å². The van der Waals surface area contributed by atoms with Gasteiger partial charge in [-0.15, -0.1) is 0 Å². The van der Waals surface area contributed by atoms with Gasteiger partial charge in [0.05, 0.1) is 14.2 Å². The third-order valence-electron chi connectivity index (χ3n) is 5.52. The molecule has 0 aromatic heterocycles. The summed E-state index contributed by atoms with van der Waals surface area (Å²) < 4.78 is 21.8. The summed E-state index contributed by atoms with van der Waals surface area (Å²) in [7, 11) is 3.21. The molecule has 0 aliphatic heterocycles. The fraction of sp³-hybridized carbons (Fsp3) is 0.692. The van der Waals surface area contributed by atoms with Gasteiger partial charge >= 0.3 is 11.9 Å². The average molecular weight is 451 g/mol. The smallest absolute Gasteiger partial charge is 0.302 e. The number of unbranched alkanes of at least 4 members (excludes halogenated alkanes) is 6. The molecule has 2 unspecified atom stereocenters. The molecular weight excluding hydrogens is 408 g/mol. The summed E-state index contributed by atoms with van der Waals surface area (Å²) in [6.45, 7) is 5.07. The first-order valence-corrected chi connectivity index (χ1v) is 11.9. The minimum absolute atomic E-state index is 0.238. The minimum atomic E-state index is -0.320. The molecule has 0 aliphatic rings. The molecule has 6 nitrogen and oxygen atoms in total. The molecule has 0 heterocycles. The van der Waals surface area contributed by atoms with Crippen molar-refractivity contribution in [2.75, 3.05) is 14.2 Å². The first-order valence-electron chi connectivity index (χ1n) is 11.9. The molecule has 1 aromatic carbocycles. The highest BCUT2D eigenvalue weighted by molar-refractivity contribution is 5.66. The van der Waals surface area contributed by atoms with Gasteiger partial charge in [0.25, 0.3) is 0 Å². The fourth-order valence-electron chi connectivity index (χ4n) is 3.91. The van der Waals surface area contributed by atoms with Crippen LogP contribution in [0, 0.1) is 0 Å². The molecule has 0 spiro atoms. The standard InChI is InChI=1S/C26H42O6/c1-6-7-8-9-10-11-12-13-23(31-20(2)27)19-24(32-21(3)28)16-14-22-15-17-25(29-4)26(18-22)30-5/h15,17-18,23-24H,6-14,16,19H2,1-5H3. The Morgan fingerprint density at radius 2 is 1.34 bits per heavy atom. The highest BCUT2D eigenvalue weighted by Crippen LogP contribution is 2.28. The highest BCUT2D eigenvalue weighted by Gasteiger charge is 2.21. The molecule has 1 rings (SSSR count). The van der Waals surface area contributed by atoms with Gasteiger partial charge in [0.1, 0.15) is 12.2 Å². The quantitative estimate of drug-likeness (QED) is 0.213. The van der Waals surface area contributed by atoms with Crippen molar-refractivity contribution in [2.24, 2.45) is 0 Å². The van der Waals surface area contributed by atoms with E-state index < -0.39 is 0 Å². The second-order valence-corrected chi connectivity index (χ2v) is 8.34. The number of carbonyl (C=O) groups is 2. The molecule has 0 fully saturated rings. The van der Waals surface area contributed by atoms with Crippen LogP contribution in [0.25, 0.3) is 0 Å². The topological polar surface area (TPSA) is 71.1 Å². The molecule has 0 radical (unpaired) electrons. The first-order chi connectivity index (χ1) is 15.4. The van der Waals surface area contributed by atoms with E-state index in [0.29, 0.717) is 30.8 Å². The maximum absolute atomic E-state index is 11.7. The zero-order valence-electron chi connectivity index (χ0n) is 20.6. The van der Waals surface area contributed by atoms with Gasteiger partial charge in [-0.05, 0) is 43.4 Å². The van der Waals surface area contributed by atoms with Crippen LogP contribution in [0.3, 0.4) is 0 Å². The summed E-state index contributed by atoms with van der Waals surface area (Å²) in [6, 6.07) is 5.79. The fourth-order valence-corrected chi connectivity index (χ4v) is 3.91. The Morgan fingerprint density at radius 1 is 0.781 bits per heavy atom. The predicted molar refractivity (Wildman–Crippen MR) is 126 cm³/mol. The SMILES string of the molecule is CCCCCCCCCC(CC(CCc1ccc(OC)c(OC)c1)OC(C)=O)OC(C)=O. The number of methoxy groups -OCH3 is 2. The lowest BCUT2D eigenvalue weighted by Crippen LogP contribution is -2.27. The Hall–Kier alpha value is -2.24. The van der Waals surface area contributed by atoms with E-state index in [4.69, 9.17) is 18.9 Å². The van der Waals surface area contributed by atoms with Crippen molar-refractivity contribution in [3.63, 3.8) is 0 Å². The van der Waals surface area contributed by atoms with E-state index in [-0.39, 0.29) is 24.1 Å². The maximum atomic E-state index is 11.7. The van der Waals surface area contributed by atoms with E-state index in [1.165, 1.54) is 46.0 Å². The van der Waals surface area contributed by atoms with E-state index in [1.54, 1.807) is 14.2 Å². The van der Waals surface area contributed by atoms with Crippen LogP contribution in [-0.4, -0.2) is 38.4 Å². The predicted octanol–water partition coefficient (Wildman–Crippen LogP) is 6.03. The Morgan fingerprint density at radius 3 is 1.91 bits per heavy atom. The second-order valence-electron chi connectivity index (χ2n) is 8.34. The van der Waals surface area contributed by atoms with E-state index >= 15 is 0 Å². The Bertz CT molecular complexity index is 672. The largest absolute Gasteiger partial charge is 0.493 e. The van der Waals surface area contributed by atoms with Crippen molar-refractivity contribution in [3.8, 4) is 11.5 Å². The lowest BCUT2D eigenvalue weighted by Gasteiger charge is -2.23. The molecule has 32 heavy (non-hydrogen) atoms. The summed E-state index contributed by atoms with van der Waals surface area (Å²) in [4.78, 5) is 23.3. The van der Waals surface area contributed by atoms with E-state index in [2.05, 4.69) is 6.92 Å². The number of hydrogen-bond donors (Lipinski definition) is 0. The van der Waals surface area contributed by atoms with Crippen LogP contribution in [-0.2, 0) is 25.5 Å². The Balaban J connectivity index is 2.65. The van der Waals surface area contributed by atoms with Crippen molar-refractivity contribution in [2.45, 2.75) is 104 Å². The number of rotatable bonds is 17. The van der Waals surface area contributed by atoms with Crippen molar-refractivity contribution >= 4 is 11.9 Å². The molecule has 6 heteroatoms. The van der Waals surface area contributed by atoms with Gasteiger partial charge in [0, 0.05) is 20.3 Å². The number of esters is 2. The molecule has 2 atom stereocenters.